The van der Waals surface area contributed by atoms with Gasteiger partial charge in [0.2, 0.25) is 0 Å². The molecule has 1 amide bonds. The molecule has 0 radical (unpaired) electrons. The maximum Gasteiger partial charge on any atom is 0.261 e. The highest BCUT2D eigenvalue weighted by molar-refractivity contribution is 7.12. The molecule has 1 aliphatic heterocycles. The summed E-state index contributed by atoms with van der Waals surface area (Å²) < 4.78 is 7.35. The molecule has 0 aromatic carbocycles. The molecule has 1 saturated heterocycles. The summed E-state index contributed by atoms with van der Waals surface area (Å²) in [5, 5.41) is 16.6. The molecule has 6 rings (SSSR count). The number of aromatic amines is 1. The van der Waals surface area contributed by atoms with Gasteiger partial charge in [0.1, 0.15) is 0 Å². The van der Waals surface area contributed by atoms with Gasteiger partial charge in [0.25, 0.3) is 5.91 Å². The van der Waals surface area contributed by atoms with Crippen molar-refractivity contribution in [3.8, 4) is 22.3 Å². The van der Waals surface area contributed by atoms with Crippen LogP contribution in [-0.4, -0.2) is 74.0 Å². The van der Waals surface area contributed by atoms with Crippen molar-refractivity contribution in [2.75, 3.05) is 32.8 Å². The zero-order valence-corrected chi connectivity index (χ0v) is 20.4. The van der Waals surface area contributed by atoms with E-state index < -0.39 is 0 Å². The first-order chi connectivity index (χ1) is 17.2. The zero-order chi connectivity index (χ0) is 23.7. The molecule has 4 aromatic rings. The van der Waals surface area contributed by atoms with Crippen LogP contribution in [0.15, 0.2) is 42.4 Å². The Hall–Kier alpha value is -3.08. The van der Waals surface area contributed by atoms with Crippen LogP contribution in [0, 0.1) is 0 Å². The highest BCUT2D eigenvalue weighted by Gasteiger charge is 2.39. The van der Waals surface area contributed by atoms with E-state index in [0.717, 1.165) is 67.0 Å². The second-order valence-corrected chi connectivity index (χ2v) is 10.3. The van der Waals surface area contributed by atoms with Gasteiger partial charge in [-0.15, -0.1) is 11.3 Å². The number of nitrogens with zero attached hydrogens (tertiary/aromatic N) is 5. The van der Waals surface area contributed by atoms with Gasteiger partial charge in [-0.3, -0.25) is 14.8 Å². The van der Waals surface area contributed by atoms with Gasteiger partial charge in [-0.1, -0.05) is 26.7 Å². The van der Waals surface area contributed by atoms with Gasteiger partial charge in [0.05, 0.1) is 30.5 Å². The third kappa shape index (κ3) is 4.68. The third-order valence-electron chi connectivity index (χ3n) is 7.37. The van der Waals surface area contributed by atoms with Crippen molar-refractivity contribution in [3.05, 3.63) is 47.3 Å². The van der Waals surface area contributed by atoms with E-state index in [2.05, 4.69) is 30.5 Å². The number of ether oxygens (including phenoxy) is 1. The summed E-state index contributed by atoms with van der Waals surface area (Å²) >= 11 is 1.46. The molecule has 0 bridgehead atoms. The SMILES string of the molecule is C.O=C(NCC1(N2CCOCC2)CCCCC1)c1cc(-c2cnn3cc(-c4cn[nH]c4)cnc23)cs1. The van der Waals surface area contributed by atoms with Crippen LogP contribution in [0.2, 0.25) is 0 Å². The number of rotatable bonds is 6. The van der Waals surface area contributed by atoms with Crippen LogP contribution in [0.25, 0.3) is 27.9 Å². The first-order valence-corrected chi connectivity index (χ1v) is 13.1. The normalized spacial score (nSPS) is 18.1. The molecule has 36 heavy (non-hydrogen) atoms. The molecular weight excluding hydrogens is 474 g/mol. The standard InChI is InChI=1S/C25H29N7O2S.CH4/c33-24(27-17-25(4-2-1-3-5-25)31-6-8-34-9-7-31)22-10-18(16-35-22)21-14-30-32-15-20(11-26-23(21)32)19-12-28-29-13-19;/h10-16H,1-9,17H2,(H,27,33)(H,28,29);1H4. The minimum absolute atomic E-state index is 0. The first kappa shape index (κ1) is 24.6. The summed E-state index contributed by atoms with van der Waals surface area (Å²) in [4.78, 5) is 21.0. The maximum atomic E-state index is 13.1. The third-order valence-corrected chi connectivity index (χ3v) is 8.30. The number of morpholine rings is 1. The lowest BCUT2D eigenvalue weighted by Gasteiger charge is -2.48. The van der Waals surface area contributed by atoms with Crippen LogP contribution < -0.4 is 5.32 Å². The van der Waals surface area contributed by atoms with Crippen LogP contribution in [0.5, 0.6) is 0 Å². The molecule has 1 saturated carbocycles. The Morgan fingerprint density at radius 2 is 1.94 bits per heavy atom. The Balaban J connectivity index is 0.00000267. The monoisotopic (exact) mass is 507 g/mol. The van der Waals surface area contributed by atoms with Gasteiger partial charge >= 0.3 is 0 Å². The summed E-state index contributed by atoms with van der Waals surface area (Å²) in [6, 6.07) is 1.95. The number of carbonyl (C=O) groups is 1. The fraction of sp³-hybridized carbons (Fsp3) is 0.462. The van der Waals surface area contributed by atoms with Crippen LogP contribution in [0.4, 0.5) is 0 Å². The van der Waals surface area contributed by atoms with Crippen molar-refractivity contribution < 1.29 is 9.53 Å². The minimum atomic E-state index is -0.00821. The highest BCUT2D eigenvalue weighted by atomic mass is 32.1. The molecule has 0 spiro atoms. The summed E-state index contributed by atoms with van der Waals surface area (Å²) in [7, 11) is 0. The van der Waals surface area contributed by atoms with E-state index >= 15 is 0 Å². The van der Waals surface area contributed by atoms with E-state index in [9.17, 15) is 4.79 Å². The number of aromatic nitrogens is 5. The largest absolute Gasteiger partial charge is 0.379 e. The highest BCUT2D eigenvalue weighted by Crippen LogP contribution is 2.34. The lowest BCUT2D eigenvalue weighted by molar-refractivity contribution is -0.0361. The van der Waals surface area contributed by atoms with Crippen LogP contribution >= 0.6 is 11.3 Å². The van der Waals surface area contributed by atoms with E-state index in [1.165, 1.54) is 30.6 Å². The number of hydrogen-bond acceptors (Lipinski definition) is 7. The molecular formula is C26H33N7O2S. The molecule has 1 aliphatic carbocycles. The van der Waals surface area contributed by atoms with Gasteiger partial charge in [0, 0.05) is 60.5 Å². The van der Waals surface area contributed by atoms with Crippen molar-refractivity contribution in [1.82, 2.24) is 35.0 Å². The van der Waals surface area contributed by atoms with Crippen LogP contribution in [0.3, 0.4) is 0 Å². The molecule has 0 unspecified atom stereocenters. The number of carbonyl (C=O) groups excluding carboxylic acids is 1. The average molecular weight is 508 g/mol. The quantitative estimate of drug-likeness (QED) is 0.405. The minimum Gasteiger partial charge on any atom is -0.379 e. The van der Waals surface area contributed by atoms with E-state index in [-0.39, 0.29) is 18.9 Å². The predicted octanol–water partition coefficient (Wildman–Crippen LogP) is 4.25. The van der Waals surface area contributed by atoms with E-state index in [4.69, 9.17) is 4.74 Å². The fourth-order valence-corrected chi connectivity index (χ4v) is 6.24. The van der Waals surface area contributed by atoms with Crippen molar-refractivity contribution in [2.45, 2.75) is 45.1 Å². The van der Waals surface area contributed by atoms with E-state index in [0.29, 0.717) is 11.4 Å². The molecule has 2 aliphatic rings. The Morgan fingerprint density at radius 3 is 2.72 bits per heavy atom. The Bertz CT molecular complexity index is 1300. The number of thiophene rings is 1. The number of fused-ring (bicyclic) bond motifs is 1. The summed E-state index contributed by atoms with van der Waals surface area (Å²) in [6.07, 6.45) is 15.1. The predicted molar refractivity (Wildman–Crippen MR) is 141 cm³/mol. The first-order valence-electron chi connectivity index (χ1n) is 12.2. The molecule has 5 heterocycles. The van der Waals surface area contributed by atoms with Crippen LogP contribution in [0.1, 0.15) is 49.2 Å². The molecule has 2 N–H and O–H groups in total. The number of hydrogen-bond donors (Lipinski definition) is 2. The average Bonchev–Trinajstić information content (AvgIpc) is 3.69. The van der Waals surface area contributed by atoms with Gasteiger partial charge in [-0.2, -0.15) is 10.2 Å². The maximum absolute atomic E-state index is 13.1. The number of H-pyrrole nitrogens is 1. The lowest BCUT2D eigenvalue weighted by Crippen LogP contribution is -2.59. The molecule has 9 nitrogen and oxygen atoms in total. The second kappa shape index (κ2) is 10.5. The smallest absolute Gasteiger partial charge is 0.261 e. The van der Waals surface area contributed by atoms with E-state index in [1.54, 1.807) is 16.9 Å². The molecule has 10 heteroatoms. The van der Waals surface area contributed by atoms with Gasteiger partial charge in [-0.25, -0.2) is 9.50 Å². The van der Waals surface area contributed by atoms with Gasteiger partial charge in [0.15, 0.2) is 5.65 Å². The molecule has 190 valence electrons. The van der Waals surface area contributed by atoms with Crippen LogP contribution in [-0.2, 0) is 4.74 Å². The van der Waals surface area contributed by atoms with E-state index in [1.807, 2.05) is 30.0 Å². The van der Waals surface area contributed by atoms with Gasteiger partial charge in [-0.05, 0) is 29.9 Å². The zero-order valence-electron chi connectivity index (χ0n) is 19.6. The van der Waals surface area contributed by atoms with Crippen molar-refractivity contribution in [1.29, 1.82) is 0 Å². The number of nitrogens with one attached hydrogen (secondary N) is 2. The summed E-state index contributed by atoms with van der Waals surface area (Å²) in [5.41, 5.74) is 4.57. The topological polar surface area (TPSA) is 100 Å². The Kier molecular flexibility index (Phi) is 7.17. The molecule has 4 aromatic heterocycles. The Morgan fingerprint density at radius 1 is 1.11 bits per heavy atom. The summed E-state index contributed by atoms with van der Waals surface area (Å²) in [5.74, 6) is -0.00821. The molecule has 2 fully saturated rings. The molecule has 0 atom stereocenters. The Labute approximate surface area is 214 Å². The summed E-state index contributed by atoms with van der Waals surface area (Å²) in [6.45, 7) is 4.14. The second-order valence-electron chi connectivity index (χ2n) is 9.42. The van der Waals surface area contributed by atoms with Crippen molar-refractivity contribution >= 4 is 22.9 Å². The number of amides is 1. The van der Waals surface area contributed by atoms with Crippen molar-refractivity contribution in [2.24, 2.45) is 0 Å². The lowest BCUT2D eigenvalue weighted by atomic mass is 9.79. The van der Waals surface area contributed by atoms with Crippen molar-refractivity contribution in [3.63, 3.8) is 0 Å². The van der Waals surface area contributed by atoms with Gasteiger partial charge < -0.3 is 10.1 Å². The fourth-order valence-electron chi connectivity index (χ4n) is 5.42.